The van der Waals surface area contributed by atoms with Crippen molar-refractivity contribution >= 4 is 49.1 Å². The third kappa shape index (κ3) is 5.34. The Labute approximate surface area is 286 Å². The maximum Gasteiger partial charge on any atom is 0.319 e. The number of pyridine rings is 1. The van der Waals surface area contributed by atoms with E-state index < -0.39 is 23.3 Å². The van der Waals surface area contributed by atoms with Crippen LogP contribution in [0.1, 0.15) is 51.5 Å². The number of hydrogen-bond donors (Lipinski definition) is 1. The number of thiophene rings is 1. The van der Waals surface area contributed by atoms with Gasteiger partial charge in [-0.3, -0.25) is 14.7 Å². The molecule has 0 saturated carbocycles. The molecule has 0 spiro atoms. The Morgan fingerprint density at radius 1 is 1.31 bits per heavy atom. The second-order valence-corrected chi connectivity index (χ2v) is 14.0. The quantitative estimate of drug-likeness (QED) is 0.211. The number of nitriles is 1. The third-order valence-electron chi connectivity index (χ3n) is 10.5. The van der Waals surface area contributed by atoms with Crippen molar-refractivity contribution in [2.24, 2.45) is 0 Å². The van der Waals surface area contributed by atoms with Crippen LogP contribution in [0.5, 0.6) is 6.01 Å². The molecule has 1 amide bonds. The van der Waals surface area contributed by atoms with Gasteiger partial charge in [-0.2, -0.15) is 15.2 Å². The van der Waals surface area contributed by atoms with E-state index in [0.717, 1.165) is 30.7 Å². The number of likely N-dealkylation sites (N-methyl/N-ethyl adjacent to an activating group) is 1. The van der Waals surface area contributed by atoms with Gasteiger partial charge in [-0.05, 0) is 57.4 Å². The Morgan fingerprint density at radius 2 is 2.12 bits per heavy atom. The number of benzene rings is 1. The molecule has 3 fully saturated rings. The molecular formula is C35H37F3N8O2S. The molecule has 10 nitrogen and oxygen atoms in total. The molecule has 3 aliphatic heterocycles. The minimum Gasteiger partial charge on any atom is -0.461 e. The first kappa shape index (κ1) is 33.0. The molecule has 4 aromatic rings. The number of nitrogen functional groups attached to an aromatic ring is 1. The zero-order chi connectivity index (χ0) is 34.6. The van der Waals surface area contributed by atoms with Gasteiger partial charge in [0, 0.05) is 43.2 Å². The van der Waals surface area contributed by atoms with Crippen molar-refractivity contribution in [3.05, 3.63) is 48.2 Å². The molecule has 3 aliphatic rings. The van der Waals surface area contributed by atoms with Gasteiger partial charge < -0.3 is 20.3 Å². The van der Waals surface area contributed by atoms with Crippen molar-refractivity contribution in [2.75, 3.05) is 43.4 Å². The molecular weight excluding hydrogens is 653 g/mol. The normalized spacial score (nSPS) is 23.7. The van der Waals surface area contributed by atoms with Crippen LogP contribution in [0.2, 0.25) is 0 Å². The first-order valence-corrected chi connectivity index (χ1v) is 17.4. The molecule has 0 aliphatic carbocycles. The second-order valence-electron chi connectivity index (χ2n) is 13.0. The number of ether oxygens (including phenoxy) is 1. The fraction of sp³-hybridized carbons (Fsp3) is 0.457. The molecule has 3 saturated heterocycles. The lowest BCUT2D eigenvalue weighted by molar-refractivity contribution is -0.126. The van der Waals surface area contributed by atoms with E-state index >= 15 is 4.39 Å². The summed E-state index contributed by atoms with van der Waals surface area (Å²) in [6, 6.07) is 4.25. The van der Waals surface area contributed by atoms with Crippen LogP contribution in [0.15, 0.2) is 31.0 Å². The maximum atomic E-state index is 16.9. The van der Waals surface area contributed by atoms with Gasteiger partial charge in [-0.1, -0.05) is 13.5 Å². The number of anilines is 2. The number of fused-ring (bicyclic) bond motifs is 3. The molecule has 0 radical (unpaired) electrons. The highest BCUT2D eigenvalue weighted by atomic mass is 32.1. The van der Waals surface area contributed by atoms with Crippen LogP contribution in [0.25, 0.3) is 32.2 Å². The fourth-order valence-electron chi connectivity index (χ4n) is 8.26. The van der Waals surface area contributed by atoms with E-state index in [1.807, 2.05) is 24.8 Å². The van der Waals surface area contributed by atoms with Crippen molar-refractivity contribution in [2.45, 2.75) is 69.7 Å². The fourth-order valence-corrected chi connectivity index (χ4v) is 9.21. The lowest BCUT2D eigenvalue weighted by Gasteiger charge is -2.35. The van der Waals surface area contributed by atoms with E-state index in [0.29, 0.717) is 50.1 Å². The molecule has 49 heavy (non-hydrogen) atoms. The highest BCUT2D eigenvalue weighted by Gasteiger charge is 2.49. The third-order valence-corrected chi connectivity index (χ3v) is 11.5. The van der Waals surface area contributed by atoms with Crippen molar-refractivity contribution in [1.82, 2.24) is 24.8 Å². The average molecular weight is 691 g/mol. The van der Waals surface area contributed by atoms with Crippen LogP contribution < -0.4 is 15.4 Å². The zero-order valence-electron chi connectivity index (χ0n) is 27.4. The van der Waals surface area contributed by atoms with Gasteiger partial charge in [0.25, 0.3) is 0 Å². The van der Waals surface area contributed by atoms with E-state index in [2.05, 4.69) is 21.4 Å². The molecule has 256 valence electrons. The maximum absolute atomic E-state index is 16.9. The SMILES string of the molecule is C=CC(=O)N1CCC(N(CC)c2nc(OC[C@@]34CCCN3C[C@H](F)C4)nc3c(F)c(-c4ccc(F)c5sc(N)c(C#N)c45)ncc23)[C@H]1CC. The summed E-state index contributed by atoms with van der Waals surface area (Å²) in [5.41, 5.74) is 5.64. The Kier molecular flexibility index (Phi) is 8.60. The first-order valence-electron chi connectivity index (χ1n) is 16.6. The van der Waals surface area contributed by atoms with E-state index in [9.17, 15) is 18.8 Å². The molecule has 4 atom stereocenters. The summed E-state index contributed by atoms with van der Waals surface area (Å²) in [6.45, 7) is 9.94. The summed E-state index contributed by atoms with van der Waals surface area (Å²) in [5, 5.41) is 10.5. The predicted molar refractivity (Wildman–Crippen MR) is 183 cm³/mol. The number of amides is 1. The van der Waals surface area contributed by atoms with Crippen molar-refractivity contribution in [1.29, 1.82) is 5.26 Å². The zero-order valence-corrected chi connectivity index (χ0v) is 28.2. The van der Waals surface area contributed by atoms with Gasteiger partial charge in [0.15, 0.2) is 5.82 Å². The average Bonchev–Trinajstić information content (AvgIpc) is 3.85. The summed E-state index contributed by atoms with van der Waals surface area (Å²) in [7, 11) is 0. The van der Waals surface area contributed by atoms with Crippen LogP contribution in [-0.4, -0.2) is 87.2 Å². The Hall–Kier alpha value is -4.48. The van der Waals surface area contributed by atoms with E-state index in [1.54, 1.807) is 4.90 Å². The second kappa shape index (κ2) is 12.8. The lowest BCUT2D eigenvalue weighted by atomic mass is 9.95. The number of nitrogens with zero attached hydrogens (tertiary/aromatic N) is 7. The Balaban J connectivity index is 1.38. The van der Waals surface area contributed by atoms with Gasteiger partial charge in [0.2, 0.25) is 5.91 Å². The first-order chi connectivity index (χ1) is 23.6. The minimum atomic E-state index is -0.954. The Bertz CT molecular complexity index is 2020. The number of halogens is 3. The van der Waals surface area contributed by atoms with Gasteiger partial charge in [-0.15, -0.1) is 11.3 Å². The van der Waals surface area contributed by atoms with Gasteiger partial charge in [-0.25, -0.2) is 13.2 Å². The predicted octanol–water partition coefficient (Wildman–Crippen LogP) is 5.99. The number of rotatable bonds is 9. The molecule has 7 rings (SSSR count). The molecule has 2 N–H and O–H groups in total. The van der Waals surface area contributed by atoms with E-state index in [-0.39, 0.29) is 68.0 Å². The minimum absolute atomic E-state index is 0.0499. The summed E-state index contributed by atoms with van der Waals surface area (Å²) in [4.78, 5) is 32.6. The topological polar surface area (TPSA) is 125 Å². The van der Waals surface area contributed by atoms with E-state index in [4.69, 9.17) is 15.5 Å². The number of aromatic nitrogens is 3. The Morgan fingerprint density at radius 3 is 2.86 bits per heavy atom. The molecule has 1 unspecified atom stereocenters. The summed E-state index contributed by atoms with van der Waals surface area (Å²) < 4.78 is 52.8. The van der Waals surface area contributed by atoms with Gasteiger partial charge in [0.05, 0.1) is 33.3 Å². The van der Waals surface area contributed by atoms with Gasteiger partial charge in [0.1, 0.15) is 46.7 Å². The summed E-state index contributed by atoms with van der Waals surface area (Å²) >= 11 is 0.919. The van der Waals surface area contributed by atoms with E-state index in [1.165, 1.54) is 24.4 Å². The molecule has 6 heterocycles. The number of carbonyl (C=O) groups is 1. The number of nitrogens with two attached hydrogens (primary N) is 1. The van der Waals surface area contributed by atoms with Crippen LogP contribution in [0.4, 0.5) is 24.0 Å². The van der Waals surface area contributed by atoms with Gasteiger partial charge >= 0.3 is 6.01 Å². The van der Waals surface area contributed by atoms with Crippen molar-refractivity contribution < 1.29 is 22.7 Å². The number of alkyl halides is 1. The molecule has 0 bridgehead atoms. The highest BCUT2D eigenvalue weighted by molar-refractivity contribution is 7.23. The molecule has 3 aromatic heterocycles. The number of carbonyl (C=O) groups excluding carboxylic acids is 1. The van der Waals surface area contributed by atoms with Crippen LogP contribution in [0, 0.1) is 23.0 Å². The number of likely N-dealkylation sites (tertiary alicyclic amines) is 1. The van der Waals surface area contributed by atoms with Crippen LogP contribution >= 0.6 is 11.3 Å². The van der Waals surface area contributed by atoms with Crippen molar-refractivity contribution in [3.63, 3.8) is 0 Å². The summed E-state index contributed by atoms with van der Waals surface area (Å²) in [5.74, 6) is -1.13. The largest absolute Gasteiger partial charge is 0.461 e. The smallest absolute Gasteiger partial charge is 0.319 e. The number of hydrogen-bond acceptors (Lipinski definition) is 10. The van der Waals surface area contributed by atoms with Crippen molar-refractivity contribution in [3.8, 4) is 23.3 Å². The monoisotopic (exact) mass is 690 g/mol. The lowest BCUT2D eigenvalue weighted by Crippen LogP contribution is -2.47. The highest BCUT2D eigenvalue weighted by Crippen LogP contribution is 2.44. The van der Waals surface area contributed by atoms with Crippen LogP contribution in [0.3, 0.4) is 0 Å². The standard InChI is InChI=1S/C35H37F3N8O2S/c1-4-24-25(10-13-46(24)26(47)5-2)45(6-3)33-22-16-41-29(20-8-9-23(37)31-27(20)21(15-39)32(40)49-31)28(38)30(22)42-34(43-33)48-18-35-11-7-12-44(35)17-19(36)14-35/h5,8-9,16,19,24-25H,2,4,6-7,10-14,17-18,40H2,1,3H3/t19-,24-,25?,35+/m1/s1. The molecule has 1 aromatic carbocycles. The van der Waals surface area contributed by atoms with Crippen LogP contribution in [-0.2, 0) is 4.79 Å². The summed E-state index contributed by atoms with van der Waals surface area (Å²) in [6.07, 6.45) is 5.22. The molecule has 14 heteroatoms.